The molecule has 206 valence electrons. The van der Waals surface area contributed by atoms with Crippen molar-refractivity contribution in [3.8, 4) is 0 Å². The van der Waals surface area contributed by atoms with Gasteiger partial charge in [-0.2, -0.15) is 4.31 Å². The third kappa shape index (κ3) is 5.48. The molecule has 0 radical (unpaired) electrons. The molecule has 1 aromatic carbocycles. The number of piperazine rings is 1. The Balaban J connectivity index is 1.41. The lowest BCUT2D eigenvalue weighted by molar-refractivity contribution is 0.0559. The average Bonchev–Trinajstić information content (AvgIpc) is 3.51. The first-order chi connectivity index (χ1) is 18.0. The largest absolute Gasteiger partial charge is 0.345 e. The number of fused-ring (bicyclic) bond motifs is 2. The van der Waals surface area contributed by atoms with Crippen LogP contribution in [0.2, 0.25) is 5.02 Å². The quantitative estimate of drug-likeness (QED) is 0.421. The number of sulfonamides is 2. The van der Waals surface area contributed by atoms with Gasteiger partial charge in [0.25, 0.3) is 15.9 Å². The van der Waals surface area contributed by atoms with Crippen LogP contribution in [0.25, 0.3) is 10.9 Å². The maximum atomic E-state index is 13.6. The number of hydrogen-bond acceptors (Lipinski definition) is 8. The zero-order valence-corrected chi connectivity index (χ0v) is 24.2. The van der Waals surface area contributed by atoms with Crippen molar-refractivity contribution in [2.24, 2.45) is 0 Å². The fourth-order valence-electron chi connectivity index (χ4n) is 4.85. The molecular formula is C23H29ClN6O5S3. The van der Waals surface area contributed by atoms with Crippen LogP contribution in [0.1, 0.15) is 26.8 Å². The van der Waals surface area contributed by atoms with Gasteiger partial charge < -0.3 is 14.8 Å². The molecule has 0 aliphatic carbocycles. The predicted molar refractivity (Wildman–Crippen MR) is 147 cm³/mol. The Bertz CT molecular complexity index is 1590. The molecule has 1 fully saturated rings. The van der Waals surface area contributed by atoms with E-state index < -0.39 is 26.1 Å². The van der Waals surface area contributed by atoms with Crippen molar-refractivity contribution < 1.29 is 21.6 Å². The van der Waals surface area contributed by atoms with Gasteiger partial charge in [-0.05, 0) is 44.8 Å². The highest BCUT2D eigenvalue weighted by molar-refractivity contribution is 7.89. The molecule has 0 spiro atoms. The summed E-state index contributed by atoms with van der Waals surface area (Å²) in [6.45, 7) is 1.76. The van der Waals surface area contributed by atoms with Crippen LogP contribution in [0, 0.1) is 0 Å². The number of nitrogens with one attached hydrogen (secondary N) is 2. The highest BCUT2D eigenvalue weighted by atomic mass is 35.5. The van der Waals surface area contributed by atoms with E-state index in [4.69, 9.17) is 11.6 Å². The lowest BCUT2D eigenvalue weighted by Gasteiger charge is -2.40. The Labute approximate surface area is 230 Å². The molecule has 0 saturated carbocycles. The number of nitrogens with zero attached hydrogens (tertiary/aromatic N) is 4. The molecule has 2 aliphatic heterocycles. The summed E-state index contributed by atoms with van der Waals surface area (Å²) >= 11 is 7.41. The van der Waals surface area contributed by atoms with Crippen molar-refractivity contribution in [1.29, 1.82) is 0 Å². The number of likely N-dealkylation sites (N-methyl/N-ethyl adjacent to an activating group) is 1. The second-order valence-electron chi connectivity index (χ2n) is 9.57. The van der Waals surface area contributed by atoms with E-state index in [0.29, 0.717) is 20.9 Å². The lowest BCUT2D eigenvalue weighted by Crippen LogP contribution is -2.57. The summed E-state index contributed by atoms with van der Waals surface area (Å²) in [5.41, 5.74) is 1.56. The molecule has 1 amide bonds. The van der Waals surface area contributed by atoms with Crippen LogP contribution < -0.4 is 4.72 Å². The fraction of sp³-hybridized carbons (Fsp3) is 0.478. The smallest absolute Gasteiger partial charge is 0.283 e. The summed E-state index contributed by atoms with van der Waals surface area (Å²) in [6, 6.07) is 5.96. The Kier molecular flexibility index (Phi) is 7.59. The Morgan fingerprint density at radius 1 is 1.21 bits per heavy atom. The maximum Gasteiger partial charge on any atom is 0.283 e. The van der Waals surface area contributed by atoms with Gasteiger partial charge in [0.15, 0.2) is 5.01 Å². The highest BCUT2D eigenvalue weighted by Crippen LogP contribution is 2.29. The summed E-state index contributed by atoms with van der Waals surface area (Å²) in [5, 5.41) is 1.54. The Hall–Kier alpha value is -2.07. The van der Waals surface area contributed by atoms with Crippen LogP contribution in [-0.4, -0.2) is 98.9 Å². The second-order valence-corrected chi connectivity index (χ2v) is 15.0. The highest BCUT2D eigenvalue weighted by Gasteiger charge is 2.38. The minimum Gasteiger partial charge on any atom is -0.345 e. The first-order valence-electron chi connectivity index (χ1n) is 12.1. The van der Waals surface area contributed by atoms with Crippen LogP contribution in [0.4, 0.5) is 0 Å². The van der Waals surface area contributed by atoms with Crippen LogP contribution >= 0.6 is 22.9 Å². The minimum atomic E-state index is -3.94. The van der Waals surface area contributed by atoms with E-state index in [-0.39, 0.29) is 42.7 Å². The number of thiazole rings is 1. The number of amides is 1. The van der Waals surface area contributed by atoms with Gasteiger partial charge in [0, 0.05) is 66.0 Å². The molecule has 5 rings (SSSR count). The minimum absolute atomic E-state index is 0.0212. The van der Waals surface area contributed by atoms with E-state index in [9.17, 15) is 21.6 Å². The second kappa shape index (κ2) is 10.5. The van der Waals surface area contributed by atoms with Gasteiger partial charge in [0.1, 0.15) is 5.03 Å². The maximum absolute atomic E-state index is 13.6. The molecular weight excluding hydrogens is 572 g/mol. The summed E-state index contributed by atoms with van der Waals surface area (Å²) < 4.78 is 55.1. The lowest BCUT2D eigenvalue weighted by atomic mass is 10.1. The predicted octanol–water partition coefficient (Wildman–Crippen LogP) is 1.72. The Morgan fingerprint density at radius 2 is 2.00 bits per heavy atom. The van der Waals surface area contributed by atoms with E-state index in [1.807, 2.05) is 7.05 Å². The van der Waals surface area contributed by atoms with Crippen LogP contribution in [0.15, 0.2) is 29.3 Å². The van der Waals surface area contributed by atoms with E-state index in [1.165, 1.54) is 28.8 Å². The van der Waals surface area contributed by atoms with E-state index in [1.54, 1.807) is 23.1 Å². The van der Waals surface area contributed by atoms with E-state index in [2.05, 4.69) is 19.6 Å². The van der Waals surface area contributed by atoms with Crippen molar-refractivity contribution in [1.82, 2.24) is 28.8 Å². The molecule has 2 aliphatic rings. The SMILES string of the molecule is CNS(=O)(=O)CCC1CN(S(=O)(=O)c2cc3cc(Cl)ccc3[nH]2)CCN1C(=O)c1nc2c(s1)CN(C)CC2. The van der Waals surface area contributed by atoms with Crippen molar-refractivity contribution >= 4 is 59.8 Å². The number of carbonyl (C=O) groups is 1. The molecule has 2 N–H and O–H groups in total. The number of benzene rings is 1. The van der Waals surface area contributed by atoms with Crippen LogP contribution in [-0.2, 0) is 33.0 Å². The zero-order chi connectivity index (χ0) is 27.2. The third-order valence-electron chi connectivity index (χ3n) is 7.02. The van der Waals surface area contributed by atoms with Crippen molar-refractivity contribution in [2.45, 2.75) is 30.5 Å². The van der Waals surface area contributed by atoms with Gasteiger partial charge >= 0.3 is 0 Å². The molecule has 38 heavy (non-hydrogen) atoms. The monoisotopic (exact) mass is 600 g/mol. The van der Waals surface area contributed by atoms with Crippen LogP contribution in [0.5, 0.6) is 0 Å². The van der Waals surface area contributed by atoms with Crippen LogP contribution in [0.3, 0.4) is 0 Å². The number of aromatic amines is 1. The Morgan fingerprint density at radius 3 is 2.76 bits per heavy atom. The number of H-pyrrole nitrogens is 1. The summed E-state index contributed by atoms with van der Waals surface area (Å²) in [5.74, 6) is -0.535. The molecule has 1 atom stereocenters. The molecule has 1 unspecified atom stereocenters. The molecule has 4 heterocycles. The van der Waals surface area contributed by atoms with E-state index >= 15 is 0 Å². The summed E-state index contributed by atoms with van der Waals surface area (Å²) in [4.78, 5) is 25.9. The first kappa shape index (κ1) is 27.5. The number of halogens is 1. The molecule has 11 nitrogen and oxygen atoms in total. The number of carbonyl (C=O) groups excluding carboxylic acids is 1. The molecule has 3 aromatic rings. The van der Waals surface area contributed by atoms with Crippen molar-refractivity contribution in [3.05, 3.63) is 44.9 Å². The van der Waals surface area contributed by atoms with Gasteiger partial charge in [0.2, 0.25) is 10.0 Å². The first-order valence-corrected chi connectivity index (χ1v) is 16.4. The molecule has 0 bridgehead atoms. The topological polar surface area (TPSA) is 136 Å². The molecule has 15 heteroatoms. The third-order valence-corrected chi connectivity index (χ3v) is 11.5. The molecule has 1 saturated heterocycles. The summed E-state index contributed by atoms with van der Waals surface area (Å²) in [6.07, 6.45) is 0.845. The number of hydrogen-bond donors (Lipinski definition) is 2. The number of aromatic nitrogens is 2. The fourth-order valence-corrected chi connectivity index (χ4v) is 8.44. The van der Waals surface area contributed by atoms with Gasteiger partial charge in [-0.1, -0.05) is 11.6 Å². The van der Waals surface area contributed by atoms with Gasteiger partial charge in [-0.3, -0.25) is 4.79 Å². The molecule has 2 aromatic heterocycles. The van der Waals surface area contributed by atoms with Crippen molar-refractivity contribution in [2.75, 3.05) is 46.0 Å². The summed E-state index contributed by atoms with van der Waals surface area (Å²) in [7, 11) is -4.15. The van der Waals surface area contributed by atoms with Gasteiger partial charge in [-0.15, -0.1) is 11.3 Å². The standard InChI is InChI=1S/C23H29ClN6O5S3/c1-25-37(32,33)10-6-17-13-29(38(34,35)21-12-15-11-16(24)3-4-18(15)26-21)8-9-30(17)23(31)22-27-19-5-7-28(2)14-20(19)36-22/h3-4,11-12,17,25-26H,5-10,13-14H2,1-2H3. The van der Waals surface area contributed by atoms with Gasteiger partial charge in [-0.25, -0.2) is 26.5 Å². The average molecular weight is 601 g/mol. The zero-order valence-electron chi connectivity index (χ0n) is 21.0. The van der Waals surface area contributed by atoms with Gasteiger partial charge in [0.05, 0.1) is 11.4 Å². The van der Waals surface area contributed by atoms with Crippen molar-refractivity contribution in [3.63, 3.8) is 0 Å². The normalized spacial score (nSPS) is 19.7. The van der Waals surface area contributed by atoms with E-state index in [0.717, 1.165) is 30.1 Å². The number of rotatable bonds is 7.